The molecule has 1 atom stereocenters. The third kappa shape index (κ3) is 2.98. The van der Waals surface area contributed by atoms with E-state index in [-0.39, 0.29) is 11.2 Å². The summed E-state index contributed by atoms with van der Waals surface area (Å²) in [6, 6.07) is 18.6. The van der Waals surface area contributed by atoms with Gasteiger partial charge in [-0.15, -0.1) is 11.8 Å². The van der Waals surface area contributed by atoms with E-state index in [1.807, 2.05) is 35.2 Å². The summed E-state index contributed by atoms with van der Waals surface area (Å²) in [6.07, 6.45) is 1.53. The molecule has 1 amide bonds. The molecule has 108 valence electrons. The Labute approximate surface area is 130 Å². The molecule has 1 aliphatic rings. The van der Waals surface area contributed by atoms with Crippen LogP contribution in [0.2, 0.25) is 0 Å². The maximum absolute atomic E-state index is 12.7. The molecule has 2 aromatic carbocycles. The minimum atomic E-state index is 0.196. The first kappa shape index (κ1) is 14.2. The number of anilines is 1. The van der Waals surface area contributed by atoms with Crippen molar-refractivity contribution in [1.82, 2.24) is 0 Å². The molecule has 0 aliphatic carbocycles. The number of carbonyl (C=O) groups excluding carboxylic acids is 1. The average molecular weight is 297 g/mol. The maximum Gasteiger partial charge on any atom is 0.228 e. The summed E-state index contributed by atoms with van der Waals surface area (Å²) in [5.74, 6) is 0.225. The standard InChI is InChI=1S/C18H19NOS/c1-2-12-19-15-10-6-7-11-16(15)21-17(13-18(19)20)14-8-4-3-5-9-14/h3-11,17H,2,12-13H2,1H3/t17-/m1/s1. The molecule has 21 heavy (non-hydrogen) atoms. The zero-order chi connectivity index (χ0) is 14.7. The van der Waals surface area contributed by atoms with E-state index in [9.17, 15) is 4.79 Å². The Bertz CT molecular complexity index is 626. The first-order valence-corrected chi connectivity index (χ1v) is 8.28. The molecule has 2 nitrogen and oxygen atoms in total. The minimum absolute atomic E-state index is 0.196. The van der Waals surface area contributed by atoms with Gasteiger partial charge in [-0.1, -0.05) is 49.4 Å². The summed E-state index contributed by atoms with van der Waals surface area (Å²) < 4.78 is 0. The van der Waals surface area contributed by atoms with Crippen molar-refractivity contribution in [2.24, 2.45) is 0 Å². The third-order valence-corrected chi connectivity index (χ3v) is 5.03. The van der Waals surface area contributed by atoms with Crippen LogP contribution >= 0.6 is 11.8 Å². The number of nitrogens with zero attached hydrogens (tertiary/aromatic N) is 1. The lowest BCUT2D eigenvalue weighted by molar-refractivity contribution is -0.118. The zero-order valence-corrected chi connectivity index (χ0v) is 13.0. The summed E-state index contributed by atoms with van der Waals surface area (Å²) in [7, 11) is 0. The fourth-order valence-corrected chi connectivity index (χ4v) is 3.98. The molecule has 0 fully saturated rings. The van der Waals surface area contributed by atoms with Gasteiger partial charge in [0, 0.05) is 23.1 Å². The molecule has 0 saturated heterocycles. The number of carbonyl (C=O) groups is 1. The Morgan fingerprint density at radius 2 is 1.81 bits per heavy atom. The van der Waals surface area contributed by atoms with Gasteiger partial charge in [-0.3, -0.25) is 4.79 Å². The van der Waals surface area contributed by atoms with Crippen LogP contribution in [0.5, 0.6) is 0 Å². The van der Waals surface area contributed by atoms with Crippen molar-refractivity contribution in [2.75, 3.05) is 11.4 Å². The van der Waals surface area contributed by atoms with Gasteiger partial charge in [-0.25, -0.2) is 0 Å². The molecule has 1 heterocycles. The summed E-state index contributed by atoms with van der Waals surface area (Å²) in [5.41, 5.74) is 2.29. The Morgan fingerprint density at radius 1 is 1.10 bits per heavy atom. The molecule has 0 aromatic heterocycles. The van der Waals surface area contributed by atoms with Gasteiger partial charge >= 0.3 is 0 Å². The fraction of sp³-hybridized carbons (Fsp3) is 0.278. The van der Waals surface area contributed by atoms with Gasteiger partial charge in [-0.2, -0.15) is 0 Å². The highest BCUT2D eigenvalue weighted by Crippen LogP contribution is 2.45. The lowest BCUT2D eigenvalue weighted by atomic mass is 10.1. The van der Waals surface area contributed by atoms with Crippen LogP contribution in [0, 0.1) is 0 Å². The van der Waals surface area contributed by atoms with E-state index in [2.05, 4.69) is 31.2 Å². The third-order valence-electron chi connectivity index (χ3n) is 3.70. The van der Waals surface area contributed by atoms with Gasteiger partial charge in [0.15, 0.2) is 0 Å². The Morgan fingerprint density at radius 3 is 2.57 bits per heavy atom. The zero-order valence-electron chi connectivity index (χ0n) is 12.2. The van der Waals surface area contributed by atoms with Gasteiger partial charge in [0.1, 0.15) is 0 Å². The van der Waals surface area contributed by atoms with E-state index in [0.717, 1.165) is 18.7 Å². The number of fused-ring (bicyclic) bond motifs is 1. The van der Waals surface area contributed by atoms with E-state index >= 15 is 0 Å². The second kappa shape index (κ2) is 6.35. The number of hydrogen-bond donors (Lipinski definition) is 0. The SMILES string of the molecule is CCCN1C(=O)C[C@H](c2ccccc2)Sc2ccccc21. The van der Waals surface area contributed by atoms with Crippen molar-refractivity contribution in [3.63, 3.8) is 0 Å². The Kier molecular flexibility index (Phi) is 4.30. The van der Waals surface area contributed by atoms with Crippen LogP contribution in [0.4, 0.5) is 5.69 Å². The van der Waals surface area contributed by atoms with E-state index in [4.69, 9.17) is 0 Å². The van der Waals surface area contributed by atoms with Crippen LogP contribution in [0.1, 0.15) is 30.6 Å². The van der Waals surface area contributed by atoms with Gasteiger partial charge in [-0.05, 0) is 24.1 Å². The monoisotopic (exact) mass is 297 g/mol. The molecule has 3 rings (SSSR count). The summed E-state index contributed by atoms with van der Waals surface area (Å²) in [4.78, 5) is 15.8. The van der Waals surface area contributed by atoms with Crippen LogP contribution in [-0.4, -0.2) is 12.5 Å². The number of thioether (sulfide) groups is 1. The molecule has 0 radical (unpaired) electrons. The number of amides is 1. The Balaban J connectivity index is 1.99. The first-order valence-electron chi connectivity index (χ1n) is 7.40. The van der Waals surface area contributed by atoms with Crippen molar-refractivity contribution < 1.29 is 4.79 Å². The van der Waals surface area contributed by atoms with Crippen molar-refractivity contribution in [1.29, 1.82) is 0 Å². The largest absolute Gasteiger partial charge is 0.311 e. The van der Waals surface area contributed by atoms with Crippen LogP contribution in [0.15, 0.2) is 59.5 Å². The molecule has 0 unspecified atom stereocenters. The quantitative estimate of drug-likeness (QED) is 0.820. The Hall–Kier alpha value is -1.74. The van der Waals surface area contributed by atoms with Gasteiger partial charge in [0.25, 0.3) is 0 Å². The lowest BCUT2D eigenvalue weighted by Crippen LogP contribution is -2.31. The predicted octanol–water partition coefficient (Wildman–Crippen LogP) is 4.67. The van der Waals surface area contributed by atoms with E-state index in [0.29, 0.717) is 6.42 Å². The van der Waals surface area contributed by atoms with E-state index in [1.54, 1.807) is 11.8 Å². The highest BCUT2D eigenvalue weighted by Gasteiger charge is 2.28. The average Bonchev–Trinajstić information content (AvgIpc) is 2.66. The normalized spacial score (nSPS) is 18.2. The van der Waals surface area contributed by atoms with Crippen LogP contribution < -0.4 is 4.90 Å². The number of benzene rings is 2. The summed E-state index contributed by atoms with van der Waals surface area (Å²) >= 11 is 1.80. The number of hydrogen-bond acceptors (Lipinski definition) is 2. The topological polar surface area (TPSA) is 20.3 Å². The molecule has 3 heteroatoms. The first-order chi connectivity index (χ1) is 10.3. The van der Waals surface area contributed by atoms with Crippen LogP contribution in [0.25, 0.3) is 0 Å². The molecule has 0 bridgehead atoms. The molecular formula is C18H19NOS. The van der Waals surface area contributed by atoms with Crippen molar-refractivity contribution in [3.8, 4) is 0 Å². The van der Waals surface area contributed by atoms with Crippen molar-refractivity contribution in [2.45, 2.75) is 29.9 Å². The van der Waals surface area contributed by atoms with Gasteiger partial charge in [0.2, 0.25) is 5.91 Å². The van der Waals surface area contributed by atoms with Crippen molar-refractivity contribution >= 4 is 23.4 Å². The molecule has 1 aliphatic heterocycles. The fourth-order valence-electron chi connectivity index (χ4n) is 2.70. The number of rotatable bonds is 3. The van der Waals surface area contributed by atoms with E-state index in [1.165, 1.54) is 10.5 Å². The molecule has 0 saturated carbocycles. The molecule has 0 N–H and O–H groups in total. The molecular weight excluding hydrogens is 278 g/mol. The smallest absolute Gasteiger partial charge is 0.228 e. The van der Waals surface area contributed by atoms with Crippen molar-refractivity contribution in [3.05, 3.63) is 60.2 Å². The van der Waals surface area contributed by atoms with Gasteiger partial charge in [0.05, 0.1) is 5.69 Å². The highest BCUT2D eigenvalue weighted by atomic mass is 32.2. The maximum atomic E-state index is 12.7. The second-order valence-electron chi connectivity index (χ2n) is 5.23. The number of para-hydroxylation sites is 1. The predicted molar refractivity (Wildman–Crippen MR) is 88.7 cm³/mol. The van der Waals surface area contributed by atoms with E-state index < -0.39 is 0 Å². The van der Waals surface area contributed by atoms with Gasteiger partial charge < -0.3 is 4.90 Å². The molecule has 2 aromatic rings. The highest BCUT2D eigenvalue weighted by molar-refractivity contribution is 7.99. The van der Waals surface area contributed by atoms with Crippen LogP contribution in [-0.2, 0) is 4.79 Å². The summed E-state index contributed by atoms with van der Waals surface area (Å²) in [5, 5.41) is 0.196. The second-order valence-corrected chi connectivity index (χ2v) is 6.48. The lowest BCUT2D eigenvalue weighted by Gasteiger charge is -2.21. The van der Waals surface area contributed by atoms with Crippen LogP contribution in [0.3, 0.4) is 0 Å². The molecule has 0 spiro atoms. The minimum Gasteiger partial charge on any atom is -0.311 e. The summed E-state index contributed by atoms with van der Waals surface area (Å²) in [6.45, 7) is 2.90.